The first-order valence-electron chi connectivity index (χ1n) is 12.9. The number of carbonyl (C=O) groups excluding carboxylic acids is 2. The fraction of sp³-hybridized carbons (Fsp3) is 0.679. The van der Waals surface area contributed by atoms with E-state index in [-0.39, 0.29) is 35.3 Å². The van der Waals surface area contributed by atoms with Crippen molar-refractivity contribution in [3.05, 3.63) is 34.9 Å². The molecule has 0 unspecified atom stereocenters. The van der Waals surface area contributed by atoms with Crippen LogP contribution in [0.5, 0.6) is 0 Å². The van der Waals surface area contributed by atoms with E-state index in [4.69, 9.17) is 17.0 Å². The third-order valence-corrected chi connectivity index (χ3v) is 9.15. The number of ether oxygens (including phenoxy) is 1. The van der Waals surface area contributed by atoms with Gasteiger partial charge >= 0.3 is 5.97 Å². The maximum atomic E-state index is 13.9. The Hall–Kier alpha value is -1.95. The number of carbonyl (C=O) groups is 2. The van der Waals surface area contributed by atoms with E-state index in [1.165, 1.54) is 18.2 Å². The second-order valence-electron chi connectivity index (χ2n) is 11.4. The number of hydrogen-bond acceptors (Lipinski definition) is 4. The predicted molar refractivity (Wildman–Crippen MR) is 139 cm³/mol. The minimum Gasteiger partial charge on any atom is -0.465 e. The molecule has 3 aliphatic rings. The Labute approximate surface area is 210 Å². The average molecular weight is 485 g/mol. The standard InChI is InChI=1S/C28H40N2O3S/c1-16(2)29-27(34)30(17(3)4)25(31)24-12-11-23-22-10-7-18-15-19(26(32)33-6)8-9-20(18)21(22)13-14-28(23,24)5/h8-9,15-17,21-24H,7,10-14H2,1-6H3,(H,29,34)/t21-,22-,23+,24-,28+/m1/s1. The number of benzene rings is 1. The molecular formula is C28H40N2O3S. The van der Waals surface area contributed by atoms with E-state index in [9.17, 15) is 9.59 Å². The van der Waals surface area contributed by atoms with Crippen molar-refractivity contribution in [2.24, 2.45) is 23.2 Å². The zero-order valence-electron chi connectivity index (χ0n) is 21.5. The largest absolute Gasteiger partial charge is 0.465 e. The lowest BCUT2D eigenvalue weighted by molar-refractivity contribution is -0.138. The highest BCUT2D eigenvalue weighted by molar-refractivity contribution is 7.80. The lowest BCUT2D eigenvalue weighted by Gasteiger charge is -2.51. The van der Waals surface area contributed by atoms with Crippen LogP contribution in [0.15, 0.2) is 18.2 Å². The van der Waals surface area contributed by atoms with Gasteiger partial charge in [-0.15, -0.1) is 0 Å². The summed E-state index contributed by atoms with van der Waals surface area (Å²) in [5.74, 6) is 1.63. The van der Waals surface area contributed by atoms with Crippen LogP contribution in [0.3, 0.4) is 0 Å². The Morgan fingerprint density at radius 2 is 1.88 bits per heavy atom. The monoisotopic (exact) mass is 484 g/mol. The normalized spacial score (nSPS) is 29.8. The smallest absolute Gasteiger partial charge is 0.337 e. The summed E-state index contributed by atoms with van der Waals surface area (Å²) in [4.78, 5) is 27.8. The van der Waals surface area contributed by atoms with Crippen molar-refractivity contribution in [3.8, 4) is 0 Å². The van der Waals surface area contributed by atoms with Gasteiger partial charge in [0.25, 0.3) is 0 Å². The number of nitrogens with one attached hydrogen (secondary N) is 1. The van der Waals surface area contributed by atoms with Crippen LogP contribution in [0.25, 0.3) is 0 Å². The summed E-state index contributed by atoms with van der Waals surface area (Å²) in [6.45, 7) is 10.6. The molecule has 3 aliphatic carbocycles. The van der Waals surface area contributed by atoms with Gasteiger partial charge in [0.15, 0.2) is 5.11 Å². The van der Waals surface area contributed by atoms with Gasteiger partial charge in [-0.3, -0.25) is 9.69 Å². The van der Waals surface area contributed by atoms with Gasteiger partial charge in [0.1, 0.15) is 0 Å². The highest BCUT2D eigenvalue weighted by atomic mass is 32.1. The van der Waals surface area contributed by atoms with E-state index in [1.54, 1.807) is 0 Å². The Bertz CT molecular complexity index is 974. The van der Waals surface area contributed by atoms with Crippen molar-refractivity contribution in [3.63, 3.8) is 0 Å². The molecule has 1 amide bonds. The second kappa shape index (κ2) is 9.60. The second-order valence-corrected chi connectivity index (χ2v) is 11.8. The molecule has 186 valence electrons. The number of thiocarbonyl (C=S) groups is 1. The molecule has 0 saturated heterocycles. The molecule has 1 N–H and O–H groups in total. The molecule has 0 radical (unpaired) electrons. The fourth-order valence-corrected chi connectivity index (χ4v) is 7.84. The number of hydrogen-bond donors (Lipinski definition) is 1. The number of aryl methyl sites for hydroxylation is 1. The topological polar surface area (TPSA) is 58.6 Å². The summed E-state index contributed by atoms with van der Waals surface area (Å²) in [5.41, 5.74) is 3.37. The first kappa shape index (κ1) is 25.2. The molecule has 6 heteroatoms. The van der Waals surface area contributed by atoms with E-state index < -0.39 is 0 Å². The van der Waals surface area contributed by atoms with Crippen LogP contribution in [-0.2, 0) is 16.0 Å². The Kier molecular flexibility index (Phi) is 7.10. The van der Waals surface area contributed by atoms with E-state index in [0.29, 0.717) is 28.4 Å². The fourth-order valence-electron chi connectivity index (χ4n) is 7.31. The number of amides is 1. The van der Waals surface area contributed by atoms with Crippen LogP contribution in [-0.4, -0.2) is 41.1 Å². The van der Waals surface area contributed by atoms with E-state index in [2.05, 4.69) is 46.0 Å². The summed E-state index contributed by atoms with van der Waals surface area (Å²) in [7, 11) is 1.43. The first-order valence-corrected chi connectivity index (χ1v) is 13.3. The summed E-state index contributed by atoms with van der Waals surface area (Å²) >= 11 is 5.66. The predicted octanol–water partition coefficient (Wildman–Crippen LogP) is 5.47. The van der Waals surface area contributed by atoms with Gasteiger partial charge < -0.3 is 10.1 Å². The third-order valence-electron chi connectivity index (χ3n) is 8.83. The van der Waals surface area contributed by atoms with Gasteiger partial charge in [-0.25, -0.2) is 4.79 Å². The molecule has 5 atom stereocenters. The highest BCUT2D eigenvalue weighted by Crippen LogP contribution is 2.63. The summed E-state index contributed by atoms with van der Waals surface area (Å²) in [6.07, 6.45) is 6.34. The van der Waals surface area contributed by atoms with E-state index >= 15 is 0 Å². The molecule has 4 rings (SSSR count). The third kappa shape index (κ3) is 4.27. The van der Waals surface area contributed by atoms with Gasteiger partial charge in [-0.2, -0.15) is 0 Å². The molecule has 5 nitrogen and oxygen atoms in total. The van der Waals surface area contributed by atoms with Crippen LogP contribution in [0, 0.1) is 23.2 Å². The molecule has 1 aromatic rings. The van der Waals surface area contributed by atoms with Crippen LogP contribution in [0.1, 0.15) is 94.1 Å². The van der Waals surface area contributed by atoms with Crippen molar-refractivity contribution in [1.82, 2.24) is 10.2 Å². The maximum absolute atomic E-state index is 13.9. The summed E-state index contributed by atoms with van der Waals surface area (Å²) in [6, 6.07) is 6.36. The molecule has 0 aromatic heterocycles. The van der Waals surface area contributed by atoms with Gasteiger partial charge in [-0.05, 0) is 125 Å². The Morgan fingerprint density at radius 3 is 2.53 bits per heavy atom. The first-order chi connectivity index (χ1) is 16.1. The van der Waals surface area contributed by atoms with Gasteiger partial charge in [0, 0.05) is 18.0 Å². The van der Waals surface area contributed by atoms with E-state index in [1.807, 2.05) is 17.0 Å². The van der Waals surface area contributed by atoms with Crippen LogP contribution < -0.4 is 5.32 Å². The number of nitrogens with zero attached hydrogens (tertiary/aromatic N) is 1. The molecule has 0 bridgehead atoms. The molecule has 2 saturated carbocycles. The molecular weight excluding hydrogens is 444 g/mol. The summed E-state index contributed by atoms with van der Waals surface area (Å²) in [5, 5.41) is 3.85. The van der Waals surface area contributed by atoms with Crippen LogP contribution >= 0.6 is 12.2 Å². The van der Waals surface area contributed by atoms with Crippen molar-refractivity contribution in [1.29, 1.82) is 0 Å². The molecule has 1 aromatic carbocycles. The number of esters is 1. The van der Waals surface area contributed by atoms with Crippen LogP contribution in [0.2, 0.25) is 0 Å². The van der Waals surface area contributed by atoms with Gasteiger partial charge in [0.05, 0.1) is 12.7 Å². The van der Waals surface area contributed by atoms with Gasteiger partial charge in [-0.1, -0.05) is 13.0 Å². The zero-order valence-corrected chi connectivity index (χ0v) is 22.3. The number of fused-ring (bicyclic) bond motifs is 5. The van der Waals surface area contributed by atoms with Crippen molar-refractivity contribution in [2.45, 2.75) is 91.1 Å². The molecule has 0 heterocycles. The Morgan fingerprint density at radius 1 is 1.15 bits per heavy atom. The quantitative estimate of drug-likeness (QED) is 0.454. The minimum atomic E-state index is -0.266. The molecule has 0 spiro atoms. The number of rotatable bonds is 4. The lowest BCUT2D eigenvalue weighted by atomic mass is 9.54. The Balaban J connectivity index is 1.56. The van der Waals surface area contributed by atoms with Crippen molar-refractivity contribution in [2.75, 3.05) is 7.11 Å². The molecule has 34 heavy (non-hydrogen) atoms. The molecule has 2 fully saturated rings. The maximum Gasteiger partial charge on any atom is 0.337 e. The van der Waals surface area contributed by atoms with Crippen LogP contribution in [0.4, 0.5) is 0 Å². The summed E-state index contributed by atoms with van der Waals surface area (Å²) < 4.78 is 4.92. The van der Waals surface area contributed by atoms with E-state index in [0.717, 1.165) is 38.5 Å². The van der Waals surface area contributed by atoms with Crippen molar-refractivity contribution >= 4 is 29.2 Å². The zero-order chi connectivity index (χ0) is 24.8. The highest BCUT2D eigenvalue weighted by Gasteiger charge is 2.57. The average Bonchev–Trinajstić information content (AvgIpc) is 3.14. The van der Waals surface area contributed by atoms with Gasteiger partial charge in [0.2, 0.25) is 5.91 Å². The van der Waals surface area contributed by atoms with Crippen molar-refractivity contribution < 1.29 is 14.3 Å². The number of methoxy groups -OCH3 is 1. The minimum absolute atomic E-state index is 0.0162. The molecule has 0 aliphatic heterocycles. The SMILES string of the molecule is COC(=O)c1ccc2c(c1)CC[C@@H]1[C@@H]2CC[C@]2(C)[C@@H](C(=O)N(C(=S)NC(C)C)C(C)C)CC[C@@H]12. The lowest BCUT2D eigenvalue weighted by Crippen LogP contribution is -2.54.